The molecular formula is C7H8ClF3N2O2S. The summed E-state index contributed by atoms with van der Waals surface area (Å²) < 4.78 is 60.0. The van der Waals surface area contributed by atoms with Gasteiger partial charge in [0.2, 0.25) is 9.05 Å². The highest BCUT2D eigenvalue weighted by atomic mass is 35.7. The second kappa shape index (κ2) is 4.25. The quantitative estimate of drug-likeness (QED) is 0.794. The molecule has 0 N–H and O–H groups in total. The number of rotatable bonds is 3. The average molecular weight is 277 g/mol. The van der Waals surface area contributed by atoms with E-state index < -0.39 is 32.2 Å². The fourth-order valence-corrected chi connectivity index (χ4v) is 2.22. The Morgan fingerprint density at radius 2 is 2.06 bits per heavy atom. The summed E-state index contributed by atoms with van der Waals surface area (Å²) >= 11 is 0. The lowest BCUT2D eigenvalue weighted by Gasteiger charge is -2.10. The van der Waals surface area contributed by atoms with Gasteiger partial charge in [0.05, 0.1) is 11.9 Å². The number of aromatic nitrogens is 2. The molecule has 0 amide bonds. The maximum absolute atomic E-state index is 12.6. The van der Waals surface area contributed by atoms with Gasteiger partial charge in [0, 0.05) is 22.8 Å². The van der Waals surface area contributed by atoms with Crippen LogP contribution in [-0.2, 0) is 27.5 Å². The molecule has 16 heavy (non-hydrogen) atoms. The molecule has 0 aliphatic carbocycles. The molecule has 0 atom stereocenters. The van der Waals surface area contributed by atoms with Crippen molar-refractivity contribution < 1.29 is 21.6 Å². The van der Waals surface area contributed by atoms with Gasteiger partial charge < -0.3 is 0 Å². The summed E-state index contributed by atoms with van der Waals surface area (Å²) in [7, 11) is 0.874. The van der Waals surface area contributed by atoms with Gasteiger partial charge in [-0.1, -0.05) is 0 Å². The Morgan fingerprint density at radius 3 is 2.44 bits per heavy atom. The third-order valence-corrected chi connectivity index (χ3v) is 2.79. The van der Waals surface area contributed by atoms with Crippen LogP contribution in [-0.4, -0.2) is 18.2 Å². The van der Waals surface area contributed by atoms with Crippen LogP contribution in [0.5, 0.6) is 0 Å². The zero-order chi connectivity index (χ0) is 12.6. The summed E-state index contributed by atoms with van der Waals surface area (Å²) in [6.07, 6.45) is -3.78. The first-order chi connectivity index (χ1) is 7.15. The molecule has 0 spiro atoms. The van der Waals surface area contributed by atoms with E-state index in [4.69, 9.17) is 10.7 Å². The van der Waals surface area contributed by atoms with Gasteiger partial charge in [0.25, 0.3) is 0 Å². The predicted molar refractivity (Wildman–Crippen MR) is 51.4 cm³/mol. The SMILES string of the molecule is CCn1ncc(CS(=O)(=O)Cl)c1C(F)(F)F. The Hall–Kier alpha value is -0.760. The maximum atomic E-state index is 12.6. The van der Waals surface area contributed by atoms with Crippen molar-refractivity contribution >= 4 is 19.7 Å². The molecule has 1 heterocycles. The van der Waals surface area contributed by atoms with E-state index in [1.807, 2.05) is 0 Å². The van der Waals surface area contributed by atoms with E-state index in [1.165, 1.54) is 6.92 Å². The number of aryl methyl sites for hydroxylation is 1. The van der Waals surface area contributed by atoms with Crippen LogP contribution in [0.2, 0.25) is 0 Å². The molecule has 0 aliphatic heterocycles. The van der Waals surface area contributed by atoms with Gasteiger partial charge in [0.15, 0.2) is 0 Å². The van der Waals surface area contributed by atoms with E-state index in [1.54, 1.807) is 0 Å². The van der Waals surface area contributed by atoms with Crippen LogP contribution in [0.25, 0.3) is 0 Å². The molecule has 9 heteroatoms. The second-order valence-corrected chi connectivity index (χ2v) is 5.79. The minimum absolute atomic E-state index is 0.00280. The summed E-state index contributed by atoms with van der Waals surface area (Å²) in [4.78, 5) is 0. The van der Waals surface area contributed by atoms with Gasteiger partial charge in [-0.15, -0.1) is 0 Å². The van der Waals surface area contributed by atoms with Crippen molar-refractivity contribution in [1.29, 1.82) is 0 Å². The van der Waals surface area contributed by atoms with E-state index in [-0.39, 0.29) is 6.54 Å². The van der Waals surface area contributed by atoms with E-state index in [0.717, 1.165) is 6.20 Å². The largest absolute Gasteiger partial charge is 0.433 e. The molecule has 1 rings (SSSR count). The fraction of sp³-hybridized carbons (Fsp3) is 0.571. The van der Waals surface area contributed by atoms with Crippen LogP contribution < -0.4 is 0 Å². The lowest BCUT2D eigenvalue weighted by molar-refractivity contribution is -0.144. The summed E-state index contributed by atoms with van der Waals surface area (Å²) in [5.41, 5.74) is -1.51. The molecule has 1 aromatic rings. The molecule has 92 valence electrons. The van der Waals surface area contributed by atoms with Crippen molar-refractivity contribution in [2.75, 3.05) is 0 Å². The Balaban J connectivity index is 3.26. The summed E-state index contributed by atoms with van der Waals surface area (Å²) in [5.74, 6) is -0.886. The first-order valence-electron chi connectivity index (χ1n) is 4.19. The predicted octanol–water partition coefficient (Wildman–Crippen LogP) is 1.99. The van der Waals surface area contributed by atoms with E-state index in [9.17, 15) is 21.6 Å². The molecule has 0 bridgehead atoms. The molecule has 1 aromatic heterocycles. The van der Waals surface area contributed by atoms with Gasteiger partial charge in [-0.3, -0.25) is 4.68 Å². The normalized spacial score (nSPS) is 13.1. The summed E-state index contributed by atoms with van der Waals surface area (Å²) in [5, 5.41) is 3.46. The Kier molecular flexibility index (Phi) is 3.53. The first kappa shape index (κ1) is 13.3. The number of halogens is 4. The zero-order valence-electron chi connectivity index (χ0n) is 8.12. The highest BCUT2D eigenvalue weighted by Gasteiger charge is 2.38. The Morgan fingerprint density at radius 1 is 1.50 bits per heavy atom. The smallest absolute Gasteiger partial charge is 0.260 e. The van der Waals surface area contributed by atoms with Crippen LogP contribution in [0.3, 0.4) is 0 Å². The van der Waals surface area contributed by atoms with Gasteiger partial charge in [-0.25, -0.2) is 8.42 Å². The van der Waals surface area contributed by atoms with Crippen molar-refractivity contribution in [2.45, 2.75) is 25.4 Å². The van der Waals surface area contributed by atoms with Crippen molar-refractivity contribution in [1.82, 2.24) is 9.78 Å². The first-order valence-corrected chi connectivity index (χ1v) is 6.67. The minimum atomic E-state index is -4.65. The molecule has 0 aliphatic rings. The summed E-state index contributed by atoms with van der Waals surface area (Å²) in [6, 6.07) is 0. The van der Waals surface area contributed by atoms with Crippen molar-refractivity contribution in [3.63, 3.8) is 0 Å². The van der Waals surface area contributed by atoms with E-state index in [0.29, 0.717) is 4.68 Å². The molecule has 0 aromatic carbocycles. The van der Waals surface area contributed by atoms with Crippen LogP contribution in [0.1, 0.15) is 18.2 Å². The number of hydrogen-bond donors (Lipinski definition) is 0. The minimum Gasteiger partial charge on any atom is -0.260 e. The maximum Gasteiger partial charge on any atom is 0.433 e. The lowest BCUT2D eigenvalue weighted by Crippen LogP contribution is -2.16. The highest BCUT2D eigenvalue weighted by molar-refractivity contribution is 8.13. The standard InChI is InChI=1S/C7H8ClF3N2O2S/c1-2-13-6(7(9,10)11)5(3-12-13)4-16(8,14)15/h3H,2,4H2,1H3. The molecule has 4 nitrogen and oxygen atoms in total. The van der Waals surface area contributed by atoms with Crippen molar-refractivity contribution in [3.8, 4) is 0 Å². The lowest BCUT2D eigenvalue weighted by atomic mass is 10.2. The van der Waals surface area contributed by atoms with Crippen LogP contribution in [0.4, 0.5) is 13.2 Å². The monoisotopic (exact) mass is 276 g/mol. The molecule has 0 saturated heterocycles. The van der Waals surface area contributed by atoms with Crippen LogP contribution >= 0.6 is 10.7 Å². The van der Waals surface area contributed by atoms with Gasteiger partial charge in [-0.2, -0.15) is 18.3 Å². The van der Waals surface area contributed by atoms with Crippen LogP contribution in [0.15, 0.2) is 6.20 Å². The number of hydrogen-bond acceptors (Lipinski definition) is 3. The number of alkyl halides is 3. The molecular weight excluding hydrogens is 269 g/mol. The molecule has 0 saturated carbocycles. The molecule has 0 unspecified atom stereocenters. The van der Waals surface area contributed by atoms with Gasteiger partial charge in [-0.05, 0) is 6.92 Å². The number of nitrogens with zero attached hydrogens (tertiary/aromatic N) is 2. The van der Waals surface area contributed by atoms with E-state index in [2.05, 4.69) is 5.10 Å². The fourth-order valence-electron chi connectivity index (χ4n) is 1.28. The molecule has 0 fully saturated rings. The average Bonchev–Trinajstić information content (AvgIpc) is 2.43. The molecule has 0 radical (unpaired) electrons. The third-order valence-electron chi connectivity index (χ3n) is 1.81. The van der Waals surface area contributed by atoms with Crippen molar-refractivity contribution in [3.05, 3.63) is 17.5 Å². The zero-order valence-corrected chi connectivity index (χ0v) is 9.70. The second-order valence-electron chi connectivity index (χ2n) is 3.02. The Labute approximate surface area is 94.4 Å². The Bertz CT molecular complexity index is 480. The van der Waals surface area contributed by atoms with Gasteiger partial charge >= 0.3 is 6.18 Å². The van der Waals surface area contributed by atoms with Gasteiger partial charge in [0.1, 0.15) is 5.69 Å². The topological polar surface area (TPSA) is 52.0 Å². The van der Waals surface area contributed by atoms with Crippen molar-refractivity contribution in [2.24, 2.45) is 0 Å². The van der Waals surface area contributed by atoms with Crippen LogP contribution in [0, 0.1) is 0 Å². The van der Waals surface area contributed by atoms with E-state index >= 15 is 0 Å². The highest BCUT2D eigenvalue weighted by Crippen LogP contribution is 2.33. The third kappa shape index (κ3) is 3.11. The summed E-state index contributed by atoms with van der Waals surface area (Å²) in [6.45, 7) is 1.47.